The first-order chi connectivity index (χ1) is 9.02. The molecule has 1 amide bonds. The number of carbonyl (C=O) groups excluding carboxylic acids is 1. The molecular formula is C15H19ClN2O. The number of nitrogens with zero attached hydrogens (tertiary/aromatic N) is 2. The second-order valence-electron chi connectivity index (χ2n) is 5.71. The number of carbonyl (C=O) groups is 1. The van der Waals surface area contributed by atoms with Gasteiger partial charge in [-0.25, -0.2) is 0 Å². The fraction of sp³-hybridized carbons (Fsp3) is 0.533. The molecule has 2 aliphatic heterocycles. The highest BCUT2D eigenvalue weighted by Crippen LogP contribution is 2.40. The van der Waals surface area contributed by atoms with Crippen molar-refractivity contribution in [1.82, 2.24) is 9.80 Å². The number of aryl methyl sites for hydroxylation is 1. The van der Waals surface area contributed by atoms with Gasteiger partial charge in [-0.15, -0.1) is 0 Å². The predicted octanol–water partition coefficient (Wildman–Crippen LogP) is 2.39. The van der Waals surface area contributed by atoms with Crippen LogP contribution in [0.2, 0.25) is 5.02 Å². The van der Waals surface area contributed by atoms with Gasteiger partial charge in [-0.2, -0.15) is 0 Å². The predicted molar refractivity (Wildman–Crippen MR) is 76.9 cm³/mol. The van der Waals surface area contributed by atoms with Gasteiger partial charge in [0.15, 0.2) is 0 Å². The lowest BCUT2D eigenvalue weighted by Gasteiger charge is -2.36. The van der Waals surface area contributed by atoms with E-state index in [-0.39, 0.29) is 11.9 Å². The largest absolute Gasteiger partial charge is 0.337 e. The second-order valence-corrected chi connectivity index (χ2v) is 6.11. The van der Waals surface area contributed by atoms with E-state index in [1.165, 1.54) is 5.56 Å². The fourth-order valence-electron chi connectivity index (χ4n) is 3.41. The van der Waals surface area contributed by atoms with Crippen LogP contribution in [0.15, 0.2) is 12.1 Å². The van der Waals surface area contributed by atoms with Gasteiger partial charge in [0.2, 0.25) is 0 Å². The zero-order valence-corrected chi connectivity index (χ0v) is 12.4. The lowest BCUT2D eigenvalue weighted by molar-refractivity contribution is 0.0701. The molecule has 0 aromatic heterocycles. The molecule has 0 saturated carbocycles. The summed E-state index contributed by atoms with van der Waals surface area (Å²) in [6.07, 6.45) is 0.949. The highest BCUT2D eigenvalue weighted by Gasteiger charge is 2.43. The molecule has 19 heavy (non-hydrogen) atoms. The first-order valence-electron chi connectivity index (χ1n) is 6.81. The molecule has 4 heteroatoms. The van der Waals surface area contributed by atoms with Crippen LogP contribution in [-0.4, -0.2) is 48.9 Å². The molecule has 2 aliphatic rings. The number of rotatable bonds is 1. The number of fused-ring (bicyclic) bond motifs is 3. The summed E-state index contributed by atoms with van der Waals surface area (Å²) in [4.78, 5) is 16.7. The van der Waals surface area contributed by atoms with Crippen molar-refractivity contribution in [2.75, 3.05) is 27.2 Å². The smallest absolute Gasteiger partial charge is 0.255 e. The van der Waals surface area contributed by atoms with Gasteiger partial charge in [-0.1, -0.05) is 24.6 Å². The van der Waals surface area contributed by atoms with Crippen molar-refractivity contribution in [3.63, 3.8) is 0 Å². The minimum Gasteiger partial charge on any atom is -0.337 e. The Kier molecular flexibility index (Phi) is 3.06. The number of halogens is 1. The molecule has 0 aliphatic carbocycles. The van der Waals surface area contributed by atoms with Gasteiger partial charge in [0.1, 0.15) is 0 Å². The zero-order valence-electron chi connectivity index (χ0n) is 11.6. The molecule has 0 radical (unpaired) electrons. The van der Waals surface area contributed by atoms with Crippen molar-refractivity contribution in [3.05, 3.63) is 33.8 Å². The third kappa shape index (κ3) is 1.87. The molecule has 0 unspecified atom stereocenters. The van der Waals surface area contributed by atoms with Crippen LogP contribution in [0.5, 0.6) is 0 Å². The first-order valence-corrected chi connectivity index (χ1v) is 7.18. The van der Waals surface area contributed by atoms with Gasteiger partial charge in [-0.05, 0) is 30.7 Å². The van der Waals surface area contributed by atoms with Crippen LogP contribution in [0.1, 0.15) is 34.3 Å². The summed E-state index contributed by atoms with van der Waals surface area (Å²) in [5.41, 5.74) is 3.09. The van der Waals surface area contributed by atoms with Gasteiger partial charge in [0, 0.05) is 26.1 Å². The molecule has 1 fully saturated rings. The van der Waals surface area contributed by atoms with Crippen LogP contribution in [0.3, 0.4) is 0 Å². The Morgan fingerprint density at radius 2 is 2.05 bits per heavy atom. The topological polar surface area (TPSA) is 23.6 Å². The number of benzene rings is 1. The summed E-state index contributed by atoms with van der Waals surface area (Å²) in [6.45, 7) is 4.06. The quantitative estimate of drug-likeness (QED) is 0.787. The van der Waals surface area contributed by atoms with E-state index in [1.807, 2.05) is 18.0 Å². The van der Waals surface area contributed by atoms with Crippen LogP contribution >= 0.6 is 11.6 Å². The SMILES string of the molecule is CCc1cc(Cl)c2c(c1)[C@H]1CN(C)C[C@@H]1N(C)C2=O. The van der Waals surface area contributed by atoms with Gasteiger partial charge < -0.3 is 9.80 Å². The van der Waals surface area contributed by atoms with E-state index in [4.69, 9.17) is 11.6 Å². The molecule has 3 rings (SSSR count). The molecule has 3 nitrogen and oxygen atoms in total. The summed E-state index contributed by atoms with van der Waals surface area (Å²) < 4.78 is 0. The minimum absolute atomic E-state index is 0.0687. The van der Waals surface area contributed by atoms with Crippen LogP contribution in [0, 0.1) is 0 Å². The van der Waals surface area contributed by atoms with Gasteiger partial charge in [0.05, 0.1) is 16.6 Å². The van der Waals surface area contributed by atoms with Crippen LogP contribution in [0.4, 0.5) is 0 Å². The Balaban J connectivity index is 2.18. The number of hydrogen-bond donors (Lipinski definition) is 0. The van der Waals surface area contributed by atoms with E-state index >= 15 is 0 Å². The summed E-state index contributed by atoms with van der Waals surface area (Å²) in [6, 6.07) is 4.40. The summed E-state index contributed by atoms with van der Waals surface area (Å²) in [7, 11) is 4.01. The summed E-state index contributed by atoms with van der Waals surface area (Å²) in [5.74, 6) is 0.464. The Morgan fingerprint density at radius 1 is 1.32 bits per heavy atom. The average molecular weight is 279 g/mol. The Labute approximate surface area is 119 Å². The van der Waals surface area contributed by atoms with Crippen molar-refractivity contribution >= 4 is 17.5 Å². The second kappa shape index (κ2) is 4.50. The van der Waals surface area contributed by atoms with Crippen LogP contribution < -0.4 is 0 Å². The Morgan fingerprint density at radius 3 is 2.74 bits per heavy atom. The molecule has 2 atom stereocenters. The standard InChI is InChI=1S/C15H19ClN2O/c1-4-9-5-10-11-7-17(2)8-13(11)18(3)15(19)14(10)12(16)6-9/h5-6,11,13H,4,7-8H2,1-3H3/t11-,13+/m1/s1. The monoisotopic (exact) mass is 278 g/mol. The molecule has 1 aromatic carbocycles. The molecule has 1 aromatic rings. The van der Waals surface area contributed by atoms with Gasteiger partial charge in [-0.3, -0.25) is 4.79 Å². The number of amides is 1. The maximum atomic E-state index is 12.5. The highest BCUT2D eigenvalue weighted by atomic mass is 35.5. The number of likely N-dealkylation sites (N-methyl/N-ethyl adjacent to an activating group) is 2. The van der Waals surface area contributed by atoms with E-state index in [1.54, 1.807) is 0 Å². The lowest BCUT2D eigenvalue weighted by atomic mass is 9.84. The maximum absolute atomic E-state index is 12.5. The van der Waals surface area contributed by atoms with E-state index in [0.717, 1.165) is 30.6 Å². The molecule has 2 heterocycles. The Bertz CT molecular complexity index is 543. The third-order valence-corrected chi connectivity index (χ3v) is 4.79. The van der Waals surface area contributed by atoms with Crippen molar-refractivity contribution in [2.24, 2.45) is 0 Å². The third-order valence-electron chi connectivity index (χ3n) is 4.49. The average Bonchev–Trinajstić information content (AvgIpc) is 2.77. The molecule has 0 N–H and O–H groups in total. The lowest BCUT2D eigenvalue weighted by Crippen LogP contribution is -2.45. The first kappa shape index (κ1) is 12.9. The molecule has 102 valence electrons. The van der Waals surface area contributed by atoms with Gasteiger partial charge in [0.25, 0.3) is 5.91 Å². The van der Waals surface area contributed by atoms with Crippen molar-refractivity contribution < 1.29 is 4.79 Å². The van der Waals surface area contributed by atoms with E-state index in [2.05, 4.69) is 24.9 Å². The van der Waals surface area contributed by atoms with E-state index in [9.17, 15) is 4.79 Å². The summed E-state index contributed by atoms with van der Waals surface area (Å²) in [5, 5.41) is 0.610. The van der Waals surface area contributed by atoms with Crippen LogP contribution in [0.25, 0.3) is 0 Å². The molecular weight excluding hydrogens is 260 g/mol. The zero-order chi connectivity index (χ0) is 13.7. The normalized spacial score (nSPS) is 26.5. The van der Waals surface area contributed by atoms with E-state index < -0.39 is 0 Å². The molecule has 1 saturated heterocycles. The van der Waals surface area contributed by atoms with Crippen LogP contribution in [-0.2, 0) is 6.42 Å². The minimum atomic E-state index is 0.0687. The molecule has 0 bridgehead atoms. The summed E-state index contributed by atoms with van der Waals surface area (Å²) >= 11 is 6.35. The van der Waals surface area contributed by atoms with E-state index in [0.29, 0.717) is 10.9 Å². The van der Waals surface area contributed by atoms with Gasteiger partial charge >= 0.3 is 0 Å². The van der Waals surface area contributed by atoms with Crippen molar-refractivity contribution in [2.45, 2.75) is 25.3 Å². The Hall–Kier alpha value is -1.06. The molecule has 0 spiro atoms. The number of hydrogen-bond acceptors (Lipinski definition) is 2. The maximum Gasteiger partial charge on any atom is 0.255 e. The number of likely N-dealkylation sites (tertiary alicyclic amines) is 1. The fourth-order valence-corrected chi connectivity index (χ4v) is 3.74. The highest BCUT2D eigenvalue weighted by molar-refractivity contribution is 6.34. The van der Waals surface area contributed by atoms with Crippen molar-refractivity contribution in [1.29, 1.82) is 0 Å². The van der Waals surface area contributed by atoms with Crippen molar-refractivity contribution in [3.8, 4) is 0 Å².